The number of hydrogen-bond acceptors (Lipinski definition) is 6. The van der Waals surface area contributed by atoms with Crippen LogP contribution in [0.3, 0.4) is 0 Å². The van der Waals surface area contributed by atoms with Crippen LogP contribution in [0.5, 0.6) is 0 Å². The molecule has 336 valence electrons. The topological polar surface area (TPSA) is 78.9 Å². The summed E-state index contributed by atoms with van der Waals surface area (Å²) in [6, 6.07) is 0. The Bertz CT molecular complexity index is 1320. The predicted octanol–water partition coefficient (Wildman–Crippen LogP) is 15.4. The molecule has 0 saturated carbocycles. The third kappa shape index (κ3) is 44.9. The highest BCUT2D eigenvalue weighted by Crippen LogP contribution is 2.13. The minimum atomic E-state index is -0.811. The zero-order valence-corrected chi connectivity index (χ0v) is 38.2. The SMILES string of the molecule is CC\C=C/C=C\C=C/C=C\C=C/CCCCCC(=O)OCC(COC(=O)CCCCCCC\C=C/C=C\C=C/CC)OC(=O)CCCCCCCCC/C=C\C/C=C\CC. The molecular weight excluding hydrogens is 745 g/mol. The molecule has 0 rings (SSSR count). The monoisotopic (exact) mass is 829 g/mol. The van der Waals surface area contributed by atoms with Crippen LogP contribution in [0.2, 0.25) is 0 Å². The highest BCUT2D eigenvalue weighted by molar-refractivity contribution is 5.71. The maximum absolute atomic E-state index is 12.8. The molecule has 1 atom stereocenters. The smallest absolute Gasteiger partial charge is 0.306 e. The number of carbonyl (C=O) groups is 3. The molecule has 6 heteroatoms. The molecule has 0 aliphatic rings. The van der Waals surface area contributed by atoms with E-state index in [4.69, 9.17) is 14.2 Å². The van der Waals surface area contributed by atoms with E-state index in [0.29, 0.717) is 19.3 Å². The van der Waals surface area contributed by atoms with Gasteiger partial charge < -0.3 is 14.2 Å². The van der Waals surface area contributed by atoms with Crippen molar-refractivity contribution in [3.05, 3.63) is 122 Å². The Balaban J connectivity index is 4.54. The molecule has 0 spiro atoms. The van der Waals surface area contributed by atoms with Crippen molar-refractivity contribution in [2.24, 2.45) is 0 Å². The average molecular weight is 829 g/mol. The van der Waals surface area contributed by atoms with Crippen molar-refractivity contribution in [2.45, 2.75) is 187 Å². The lowest BCUT2D eigenvalue weighted by molar-refractivity contribution is -0.167. The minimum absolute atomic E-state index is 0.110. The molecule has 0 aromatic carbocycles. The van der Waals surface area contributed by atoms with Crippen LogP contribution in [0.15, 0.2) is 122 Å². The van der Waals surface area contributed by atoms with Gasteiger partial charge in [0.05, 0.1) is 0 Å². The lowest BCUT2D eigenvalue weighted by Crippen LogP contribution is -2.30. The number of ether oxygens (including phenoxy) is 3. The number of unbranched alkanes of at least 4 members (excludes halogenated alkanes) is 15. The van der Waals surface area contributed by atoms with Crippen molar-refractivity contribution >= 4 is 17.9 Å². The summed E-state index contributed by atoms with van der Waals surface area (Å²) >= 11 is 0. The largest absolute Gasteiger partial charge is 0.462 e. The summed E-state index contributed by atoms with van der Waals surface area (Å²) in [7, 11) is 0. The molecule has 6 nitrogen and oxygen atoms in total. The van der Waals surface area contributed by atoms with Gasteiger partial charge in [0.2, 0.25) is 0 Å². The fourth-order valence-corrected chi connectivity index (χ4v) is 5.91. The van der Waals surface area contributed by atoms with Crippen LogP contribution in [0.4, 0.5) is 0 Å². The van der Waals surface area contributed by atoms with Crippen LogP contribution in [0, 0.1) is 0 Å². The minimum Gasteiger partial charge on any atom is -0.462 e. The number of allylic oxidation sites excluding steroid dienone is 20. The van der Waals surface area contributed by atoms with Gasteiger partial charge in [-0.3, -0.25) is 14.4 Å². The second-order valence-electron chi connectivity index (χ2n) is 15.1. The summed E-state index contributed by atoms with van der Waals surface area (Å²) in [5.41, 5.74) is 0. The van der Waals surface area contributed by atoms with Gasteiger partial charge in [0.25, 0.3) is 0 Å². The molecule has 0 saturated heterocycles. The van der Waals surface area contributed by atoms with Gasteiger partial charge in [0.15, 0.2) is 6.10 Å². The third-order valence-corrected chi connectivity index (χ3v) is 9.38. The predicted molar refractivity (Wildman–Crippen MR) is 256 cm³/mol. The van der Waals surface area contributed by atoms with Gasteiger partial charge in [0.1, 0.15) is 13.2 Å². The van der Waals surface area contributed by atoms with Crippen molar-refractivity contribution in [1.82, 2.24) is 0 Å². The normalized spacial score (nSPS) is 13.2. The Morgan fingerprint density at radius 3 is 1.13 bits per heavy atom. The van der Waals surface area contributed by atoms with E-state index in [2.05, 4.69) is 87.6 Å². The fraction of sp³-hybridized carbons (Fsp3) is 0.574. The molecular formula is C54H84O6. The van der Waals surface area contributed by atoms with E-state index in [1.807, 2.05) is 54.7 Å². The fourth-order valence-electron chi connectivity index (χ4n) is 5.91. The first kappa shape index (κ1) is 55.8. The Morgan fingerprint density at radius 1 is 0.350 bits per heavy atom. The van der Waals surface area contributed by atoms with E-state index in [1.165, 1.54) is 25.7 Å². The first-order chi connectivity index (χ1) is 29.5. The zero-order valence-electron chi connectivity index (χ0n) is 38.2. The molecule has 0 aromatic heterocycles. The molecule has 0 aliphatic heterocycles. The lowest BCUT2D eigenvalue weighted by Gasteiger charge is -2.18. The van der Waals surface area contributed by atoms with Crippen LogP contribution in [-0.4, -0.2) is 37.2 Å². The molecule has 0 bridgehead atoms. The van der Waals surface area contributed by atoms with E-state index in [-0.39, 0.29) is 31.1 Å². The van der Waals surface area contributed by atoms with Crippen LogP contribution >= 0.6 is 0 Å². The van der Waals surface area contributed by atoms with Crippen molar-refractivity contribution in [3.63, 3.8) is 0 Å². The van der Waals surface area contributed by atoms with Crippen molar-refractivity contribution < 1.29 is 28.6 Å². The molecule has 0 aromatic rings. The Hall–Kier alpha value is -4.19. The van der Waals surface area contributed by atoms with Gasteiger partial charge >= 0.3 is 17.9 Å². The van der Waals surface area contributed by atoms with E-state index >= 15 is 0 Å². The molecule has 0 amide bonds. The summed E-state index contributed by atoms with van der Waals surface area (Å²) in [5, 5.41) is 0. The summed E-state index contributed by atoms with van der Waals surface area (Å²) in [6.07, 6.45) is 64.6. The molecule has 1 unspecified atom stereocenters. The van der Waals surface area contributed by atoms with Crippen molar-refractivity contribution in [2.75, 3.05) is 13.2 Å². The number of hydrogen-bond donors (Lipinski definition) is 0. The van der Waals surface area contributed by atoms with Gasteiger partial charge in [-0.1, -0.05) is 200 Å². The third-order valence-electron chi connectivity index (χ3n) is 9.38. The van der Waals surface area contributed by atoms with Gasteiger partial charge in [-0.05, 0) is 83.5 Å². The van der Waals surface area contributed by atoms with Gasteiger partial charge in [-0.15, -0.1) is 0 Å². The van der Waals surface area contributed by atoms with Crippen molar-refractivity contribution in [3.8, 4) is 0 Å². The summed E-state index contributed by atoms with van der Waals surface area (Å²) < 4.78 is 16.7. The summed E-state index contributed by atoms with van der Waals surface area (Å²) in [6.45, 7) is 6.16. The van der Waals surface area contributed by atoms with Gasteiger partial charge in [0, 0.05) is 19.3 Å². The van der Waals surface area contributed by atoms with Crippen LogP contribution in [-0.2, 0) is 28.6 Å². The van der Waals surface area contributed by atoms with Crippen LogP contribution in [0.25, 0.3) is 0 Å². The quantitative estimate of drug-likeness (QED) is 0.0201. The first-order valence-corrected chi connectivity index (χ1v) is 23.6. The number of esters is 3. The summed E-state index contributed by atoms with van der Waals surface area (Å²) in [5.74, 6) is -0.992. The Kier molecular flexibility index (Phi) is 44.2. The standard InChI is InChI=1S/C54H84O6/c1-4-7-10-13-16-19-22-25-27-30-32-35-38-41-44-47-53(56)59-50-51(49-58-52(55)46-43-40-37-34-31-28-24-21-18-15-12-9-6-3)60-54(57)48-45-42-39-36-33-29-26-23-20-17-14-11-8-5-2/h7-13,15-22,24-25,27,30,32,51H,4-6,14,23,26,28-29,31,33-50H2,1-3H3/b10-7-,11-8-,12-9-,16-13-,18-15-,20-17-,22-19-,24-21-,27-25-,32-30-. The lowest BCUT2D eigenvalue weighted by atomic mass is 10.1. The Labute approximate surface area is 367 Å². The molecule has 0 fully saturated rings. The molecule has 0 heterocycles. The number of carbonyl (C=O) groups excluding carboxylic acids is 3. The Morgan fingerprint density at radius 2 is 0.683 bits per heavy atom. The second-order valence-corrected chi connectivity index (χ2v) is 15.1. The van der Waals surface area contributed by atoms with E-state index in [9.17, 15) is 14.4 Å². The van der Waals surface area contributed by atoms with E-state index < -0.39 is 6.10 Å². The van der Waals surface area contributed by atoms with Gasteiger partial charge in [-0.2, -0.15) is 0 Å². The first-order valence-electron chi connectivity index (χ1n) is 23.6. The molecule has 0 N–H and O–H groups in total. The van der Waals surface area contributed by atoms with Crippen LogP contribution < -0.4 is 0 Å². The van der Waals surface area contributed by atoms with Crippen LogP contribution in [0.1, 0.15) is 181 Å². The highest BCUT2D eigenvalue weighted by atomic mass is 16.6. The molecule has 0 aliphatic carbocycles. The van der Waals surface area contributed by atoms with Crippen molar-refractivity contribution in [1.29, 1.82) is 0 Å². The number of rotatable bonds is 40. The average Bonchev–Trinajstić information content (AvgIpc) is 3.24. The molecule has 0 radical (unpaired) electrons. The maximum atomic E-state index is 12.8. The zero-order chi connectivity index (χ0) is 43.7. The second kappa shape index (κ2) is 47.5. The highest BCUT2D eigenvalue weighted by Gasteiger charge is 2.19. The maximum Gasteiger partial charge on any atom is 0.306 e. The van der Waals surface area contributed by atoms with Gasteiger partial charge in [-0.25, -0.2) is 0 Å². The molecule has 60 heavy (non-hydrogen) atoms. The summed E-state index contributed by atoms with van der Waals surface area (Å²) in [4.78, 5) is 37.9. The van der Waals surface area contributed by atoms with E-state index in [1.54, 1.807) is 0 Å². The van der Waals surface area contributed by atoms with E-state index in [0.717, 1.165) is 116 Å².